The van der Waals surface area contributed by atoms with E-state index in [-0.39, 0.29) is 5.91 Å². The lowest BCUT2D eigenvalue weighted by Crippen LogP contribution is -2.35. The molecule has 2 aliphatic heterocycles. The predicted octanol–water partition coefficient (Wildman–Crippen LogP) is 0.680. The Morgan fingerprint density at radius 2 is 2.41 bits per heavy atom. The van der Waals surface area contributed by atoms with Crippen LogP contribution in [0.3, 0.4) is 0 Å². The molecule has 1 atom stereocenters. The number of rotatable bonds is 1. The number of hydrogen-bond donors (Lipinski definition) is 2. The van der Waals surface area contributed by atoms with Crippen molar-refractivity contribution in [2.45, 2.75) is 38.8 Å². The first-order chi connectivity index (χ1) is 8.27. The summed E-state index contributed by atoms with van der Waals surface area (Å²) in [5.74, 6) is 0.0937. The molecule has 2 N–H and O–H groups in total. The van der Waals surface area contributed by atoms with Crippen LogP contribution in [0.2, 0.25) is 0 Å². The van der Waals surface area contributed by atoms with Crippen molar-refractivity contribution in [1.29, 1.82) is 0 Å². The largest absolute Gasteiger partial charge is 0.335 e. The molecule has 2 aliphatic rings. The van der Waals surface area contributed by atoms with Crippen molar-refractivity contribution in [1.82, 2.24) is 20.4 Å². The Kier molecular flexibility index (Phi) is 2.63. The van der Waals surface area contributed by atoms with Gasteiger partial charge in [0.2, 0.25) is 0 Å². The van der Waals surface area contributed by atoms with Gasteiger partial charge in [0.15, 0.2) is 5.69 Å². The second-order valence-electron chi connectivity index (χ2n) is 4.95. The van der Waals surface area contributed by atoms with Gasteiger partial charge in [-0.25, -0.2) is 0 Å². The number of hydrogen-bond acceptors (Lipinski definition) is 3. The fraction of sp³-hybridized carbons (Fsp3) is 0.667. The van der Waals surface area contributed by atoms with Crippen LogP contribution < -0.4 is 5.32 Å². The SMILES string of the molecule is CC1CCCN1C(=O)c1n[nH]c2c1CNCC2. The zero-order valence-corrected chi connectivity index (χ0v) is 10.1. The van der Waals surface area contributed by atoms with Gasteiger partial charge in [0.25, 0.3) is 5.91 Å². The summed E-state index contributed by atoms with van der Waals surface area (Å²) in [6, 6.07) is 0.353. The summed E-state index contributed by atoms with van der Waals surface area (Å²) >= 11 is 0. The van der Waals surface area contributed by atoms with E-state index in [1.54, 1.807) is 0 Å². The van der Waals surface area contributed by atoms with E-state index in [0.717, 1.165) is 50.2 Å². The number of carbonyl (C=O) groups is 1. The first-order valence-electron chi connectivity index (χ1n) is 6.35. The van der Waals surface area contributed by atoms with E-state index < -0.39 is 0 Å². The van der Waals surface area contributed by atoms with Gasteiger partial charge in [-0.1, -0.05) is 0 Å². The van der Waals surface area contributed by atoms with Crippen LogP contribution in [0.4, 0.5) is 0 Å². The standard InChI is InChI=1S/C12H18N4O/c1-8-3-2-6-16(8)12(17)11-9-7-13-5-4-10(9)14-15-11/h8,13H,2-7H2,1H3,(H,14,15). The number of aromatic amines is 1. The fourth-order valence-corrected chi connectivity index (χ4v) is 2.77. The first-order valence-corrected chi connectivity index (χ1v) is 6.35. The Balaban J connectivity index is 1.88. The third-order valence-corrected chi connectivity index (χ3v) is 3.82. The number of nitrogens with zero attached hydrogens (tertiary/aromatic N) is 2. The smallest absolute Gasteiger partial charge is 0.274 e. The minimum Gasteiger partial charge on any atom is -0.335 e. The zero-order valence-electron chi connectivity index (χ0n) is 10.1. The fourth-order valence-electron chi connectivity index (χ4n) is 2.77. The summed E-state index contributed by atoms with van der Waals surface area (Å²) in [7, 11) is 0. The molecule has 0 bridgehead atoms. The topological polar surface area (TPSA) is 61.0 Å². The van der Waals surface area contributed by atoms with Gasteiger partial charge in [0, 0.05) is 43.4 Å². The van der Waals surface area contributed by atoms with Crippen molar-refractivity contribution in [2.24, 2.45) is 0 Å². The maximum Gasteiger partial charge on any atom is 0.274 e. The summed E-state index contributed by atoms with van der Waals surface area (Å²) in [4.78, 5) is 14.4. The second kappa shape index (κ2) is 4.14. The molecule has 1 unspecified atom stereocenters. The number of fused-ring (bicyclic) bond motifs is 1. The van der Waals surface area contributed by atoms with Crippen LogP contribution in [0.25, 0.3) is 0 Å². The molecular weight excluding hydrogens is 216 g/mol. The summed E-state index contributed by atoms with van der Waals surface area (Å²) < 4.78 is 0. The lowest BCUT2D eigenvalue weighted by atomic mass is 10.1. The molecule has 1 fully saturated rings. The molecule has 1 saturated heterocycles. The molecule has 5 heteroatoms. The van der Waals surface area contributed by atoms with Crippen molar-refractivity contribution in [3.05, 3.63) is 17.0 Å². The highest BCUT2D eigenvalue weighted by molar-refractivity contribution is 5.94. The van der Waals surface area contributed by atoms with Crippen LogP contribution in [0.1, 0.15) is 41.5 Å². The molecule has 1 aromatic heterocycles. The Labute approximate surface area is 101 Å². The van der Waals surface area contributed by atoms with Gasteiger partial charge >= 0.3 is 0 Å². The van der Waals surface area contributed by atoms with Crippen LogP contribution in [0, 0.1) is 0 Å². The van der Waals surface area contributed by atoms with E-state index in [0.29, 0.717) is 11.7 Å². The third-order valence-electron chi connectivity index (χ3n) is 3.82. The summed E-state index contributed by atoms with van der Waals surface area (Å²) in [6.45, 7) is 4.70. The predicted molar refractivity (Wildman–Crippen MR) is 63.7 cm³/mol. The van der Waals surface area contributed by atoms with E-state index >= 15 is 0 Å². The number of H-pyrrole nitrogens is 1. The highest BCUT2D eigenvalue weighted by Crippen LogP contribution is 2.22. The number of aromatic nitrogens is 2. The molecule has 0 saturated carbocycles. The minimum absolute atomic E-state index is 0.0937. The van der Waals surface area contributed by atoms with Crippen molar-refractivity contribution in [3.8, 4) is 0 Å². The molecular formula is C12H18N4O. The Bertz CT molecular complexity index is 440. The molecule has 0 aliphatic carbocycles. The lowest BCUT2D eigenvalue weighted by molar-refractivity contribution is 0.0740. The van der Waals surface area contributed by atoms with Crippen LogP contribution in [0.5, 0.6) is 0 Å². The molecule has 17 heavy (non-hydrogen) atoms. The van der Waals surface area contributed by atoms with E-state index in [1.807, 2.05) is 4.90 Å². The molecule has 0 aromatic carbocycles. The zero-order chi connectivity index (χ0) is 11.8. The van der Waals surface area contributed by atoms with Gasteiger partial charge in [-0.15, -0.1) is 0 Å². The highest BCUT2D eigenvalue weighted by Gasteiger charge is 2.30. The number of carbonyl (C=O) groups excluding carboxylic acids is 1. The van der Waals surface area contributed by atoms with Gasteiger partial charge in [0.1, 0.15) is 0 Å². The quantitative estimate of drug-likeness (QED) is 0.751. The Morgan fingerprint density at radius 3 is 3.18 bits per heavy atom. The second-order valence-corrected chi connectivity index (χ2v) is 4.95. The molecule has 0 spiro atoms. The van der Waals surface area contributed by atoms with Gasteiger partial charge < -0.3 is 10.2 Å². The molecule has 1 aromatic rings. The molecule has 3 rings (SSSR count). The molecule has 3 heterocycles. The first kappa shape index (κ1) is 10.8. The number of nitrogens with one attached hydrogen (secondary N) is 2. The highest BCUT2D eigenvalue weighted by atomic mass is 16.2. The summed E-state index contributed by atoms with van der Waals surface area (Å²) in [5, 5.41) is 10.5. The van der Waals surface area contributed by atoms with Crippen molar-refractivity contribution >= 4 is 5.91 Å². The van der Waals surface area contributed by atoms with Gasteiger partial charge in [-0.05, 0) is 19.8 Å². The van der Waals surface area contributed by atoms with Crippen LogP contribution in [0.15, 0.2) is 0 Å². The van der Waals surface area contributed by atoms with Gasteiger partial charge in [-0.3, -0.25) is 9.89 Å². The maximum absolute atomic E-state index is 12.4. The van der Waals surface area contributed by atoms with E-state index in [2.05, 4.69) is 22.4 Å². The lowest BCUT2D eigenvalue weighted by Gasteiger charge is -2.21. The molecule has 0 radical (unpaired) electrons. The normalized spacial score (nSPS) is 23.8. The van der Waals surface area contributed by atoms with Gasteiger partial charge in [-0.2, -0.15) is 5.10 Å². The Hall–Kier alpha value is -1.36. The monoisotopic (exact) mass is 234 g/mol. The maximum atomic E-state index is 12.4. The van der Waals surface area contributed by atoms with Crippen molar-refractivity contribution in [3.63, 3.8) is 0 Å². The van der Waals surface area contributed by atoms with Crippen molar-refractivity contribution < 1.29 is 4.79 Å². The van der Waals surface area contributed by atoms with Crippen LogP contribution in [-0.4, -0.2) is 40.1 Å². The van der Waals surface area contributed by atoms with Crippen LogP contribution >= 0.6 is 0 Å². The van der Waals surface area contributed by atoms with Crippen LogP contribution in [-0.2, 0) is 13.0 Å². The summed E-state index contributed by atoms with van der Waals surface area (Å²) in [5.41, 5.74) is 2.82. The number of amides is 1. The average molecular weight is 234 g/mol. The molecule has 1 amide bonds. The number of likely N-dealkylation sites (tertiary alicyclic amines) is 1. The van der Waals surface area contributed by atoms with E-state index in [9.17, 15) is 4.79 Å². The third kappa shape index (κ3) is 1.74. The minimum atomic E-state index is 0.0937. The molecule has 5 nitrogen and oxygen atoms in total. The van der Waals surface area contributed by atoms with E-state index in [1.165, 1.54) is 0 Å². The van der Waals surface area contributed by atoms with E-state index in [4.69, 9.17) is 0 Å². The van der Waals surface area contributed by atoms with Crippen molar-refractivity contribution in [2.75, 3.05) is 13.1 Å². The molecule has 92 valence electrons. The Morgan fingerprint density at radius 1 is 1.53 bits per heavy atom. The summed E-state index contributed by atoms with van der Waals surface area (Å²) in [6.07, 6.45) is 3.15. The average Bonchev–Trinajstić information content (AvgIpc) is 2.94. The van der Waals surface area contributed by atoms with Gasteiger partial charge in [0.05, 0.1) is 0 Å².